The molecule has 0 unspecified atom stereocenters. The highest BCUT2D eigenvalue weighted by Crippen LogP contribution is 2.30. The standard InChI is InChI=1S/C17H22N2O7/c1-24-15-9-13(7-8-14(15)19(22)23)25-11-17(21)26-10-16(20)18-12-5-3-2-4-6-12/h7-9,12H,2-6,10-11H2,1H3,(H,18,20). The van der Waals surface area contributed by atoms with Crippen LogP contribution in [-0.4, -0.2) is 43.2 Å². The van der Waals surface area contributed by atoms with Crippen LogP contribution >= 0.6 is 0 Å². The van der Waals surface area contributed by atoms with Crippen LogP contribution in [0.4, 0.5) is 5.69 Å². The summed E-state index contributed by atoms with van der Waals surface area (Å²) in [5.41, 5.74) is -0.207. The van der Waals surface area contributed by atoms with E-state index in [9.17, 15) is 19.7 Å². The zero-order chi connectivity index (χ0) is 18.9. The van der Waals surface area contributed by atoms with Gasteiger partial charge < -0.3 is 19.5 Å². The van der Waals surface area contributed by atoms with Gasteiger partial charge in [-0.05, 0) is 18.9 Å². The molecule has 0 spiro atoms. The van der Waals surface area contributed by atoms with Crippen molar-refractivity contribution in [3.63, 3.8) is 0 Å². The summed E-state index contributed by atoms with van der Waals surface area (Å²) >= 11 is 0. The van der Waals surface area contributed by atoms with Crippen LogP contribution in [-0.2, 0) is 14.3 Å². The number of amides is 1. The Morgan fingerprint density at radius 2 is 1.96 bits per heavy atom. The first-order chi connectivity index (χ1) is 12.5. The van der Waals surface area contributed by atoms with E-state index in [0.29, 0.717) is 0 Å². The summed E-state index contributed by atoms with van der Waals surface area (Å²) in [5, 5.41) is 13.7. The highest BCUT2D eigenvalue weighted by atomic mass is 16.6. The lowest BCUT2D eigenvalue weighted by atomic mass is 9.95. The number of carbonyl (C=O) groups is 2. The number of benzene rings is 1. The molecule has 0 aromatic heterocycles. The molecule has 142 valence electrons. The smallest absolute Gasteiger partial charge is 0.344 e. The van der Waals surface area contributed by atoms with Crippen molar-refractivity contribution in [2.24, 2.45) is 0 Å². The van der Waals surface area contributed by atoms with Gasteiger partial charge in [-0.25, -0.2) is 4.79 Å². The van der Waals surface area contributed by atoms with Gasteiger partial charge in [-0.15, -0.1) is 0 Å². The molecule has 1 aliphatic rings. The summed E-state index contributed by atoms with van der Waals surface area (Å²) in [4.78, 5) is 33.7. The maximum absolute atomic E-state index is 11.8. The van der Waals surface area contributed by atoms with Crippen molar-refractivity contribution in [3.05, 3.63) is 28.3 Å². The molecule has 1 aromatic rings. The Morgan fingerprint density at radius 3 is 2.62 bits per heavy atom. The molecule has 1 aliphatic carbocycles. The van der Waals surface area contributed by atoms with Crippen molar-refractivity contribution >= 4 is 17.6 Å². The predicted octanol–water partition coefficient (Wildman–Crippen LogP) is 1.97. The molecular formula is C17H22N2O7. The number of ether oxygens (including phenoxy) is 3. The van der Waals surface area contributed by atoms with Crippen molar-refractivity contribution in [2.45, 2.75) is 38.1 Å². The Bertz CT molecular complexity index is 657. The van der Waals surface area contributed by atoms with Gasteiger partial charge in [0.05, 0.1) is 12.0 Å². The van der Waals surface area contributed by atoms with Gasteiger partial charge in [-0.1, -0.05) is 19.3 Å². The van der Waals surface area contributed by atoms with E-state index in [1.807, 2.05) is 0 Å². The van der Waals surface area contributed by atoms with E-state index >= 15 is 0 Å². The Kier molecular flexibility index (Phi) is 7.19. The second kappa shape index (κ2) is 9.59. The molecule has 26 heavy (non-hydrogen) atoms. The molecule has 9 heteroatoms. The van der Waals surface area contributed by atoms with Gasteiger partial charge in [0, 0.05) is 18.2 Å². The van der Waals surface area contributed by atoms with Gasteiger partial charge in [0.15, 0.2) is 13.2 Å². The lowest BCUT2D eigenvalue weighted by Gasteiger charge is -2.22. The minimum absolute atomic E-state index is 0.0210. The molecule has 1 amide bonds. The Balaban J connectivity index is 1.74. The lowest BCUT2D eigenvalue weighted by Crippen LogP contribution is -2.39. The highest BCUT2D eigenvalue weighted by molar-refractivity contribution is 5.81. The maximum Gasteiger partial charge on any atom is 0.344 e. The minimum atomic E-state index is -0.707. The maximum atomic E-state index is 11.8. The number of hydrogen-bond acceptors (Lipinski definition) is 7. The molecule has 0 heterocycles. The summed E-state index contributed by atoms with van der Waals surface area (Å²) in [6.45, 7) is -0.778. The van der Waals surface area contributed by atoms with Gasteiger partial charge in [0.25, 0.3) is 5.91 Å². The minimum Gasteiger partial charge on any atom is -0.490 e. The van der Waals surface area contributed by atoms with Crippen LogP contribution in [0.5, 0.6) is 11.5 Å². The molecule has 0 saturated heterocycles. The zero-order valence-corrected chi connectivity index (χ0v) is 14.6. The lowest BCUT2D eigenvalue weighted by molar-refractivity contribution is -0.385. The van der Waals surface area contributed by atoms with Crippen LogP contribution in [0.3, 0.4) is 0 Å². The van der Waals surface area contributed by atoms with E-state index in [-0.39, 0.29) is 35.7 Å². The largest absolute Gasteiger partial charge is 0.490 e. The molecule has 1 fully saturated rings. The molecule has 1 N–H and O–H groups in total. The van der Waals surface area contributed by atoms with Crippen molar-refractivity contribution in [1.29, 1.82) is 0 Å². The molecule has 0 bridgehead atoms. The van der Waals surface area contributed by atoms with Crippen molar-refractivity contribution in [3.8, 4) is 11.5 Å². The summed E-state index contributed by atoms with van der Waals surface area (Å²) in [6.07, 6.45) is 5.27. The van der Waals surface area contributed by atoms with Gasteiger partial charge in [-0.3, -0.25) is 14.9 Å². The zero-order valence-electron chi connectivity index (χ0n) is 14.6. The van der Waals surface area contributed by atoms with Crippen molar-refractivity contribution in [2.75, 3.05) is 20.3 Å². The fourth-order valence-corrected chi connectivity index (χ4v) is 2.74. The van der Waals surface area contributed by atoms with Crippen LogP contribution in [0.15, 0.2) is 18.2 Å². The number of nitrogens with zero attached hydrogens (tertiary/aromatic N) is 1. The average molecular weight is 366 g/mol. The van der Waals surface area contributed by atoms with Gasteiger partial charge >= 0.3 is 11.7 Å². The number of carbonyl (C=O) groups excluding carboxylic acids is 2. The first-order valence-corrected chi connectivity index (χ1v) is 8.40. The van der Waals surface area contributed by atoms with Crippen LogP contribution in [0, 0.1) is 10.1 Å². The Labute approximate surface area is 150 Å². The van der Waals surface area contributed by atoms with E-state index in [1.54, 1.807) is 0 Å². The third-order valence-electron chi connectivity index (χ3n) is 4.04. The summed E-state index contributed by atoms with van der Waals surface area (Å²) in [7, 11) is 1.30. The van der Waals surface area contributed by atoms with Gasteiger partial charge in [0.2, 0.25) is 5.75 Å². The highest BCUT2D eigenvalue weighted by Gasteiger charge is 2.18. The number of rotatable bonds is 8. The fraction of sp³-hybridized carbons (Fsp3) is 0.529. The van der Waals surface area contributed by atoms with Crippen LogP contribution in [0.1, 0.15) is 32.1 Å². The van der Waals surface area contributed by atoms with Crippen LogP contribution in [0.25, 0.3) is 0 Å². The summed E-state index contributed by atoms with van der Waals surface area (Å²) < 4.78 is 15.0. The second-order valence-electron chi connectivity index (χ2n) is 5.94. The van der Waals surface area contributed by atoms with E-state index in [2.05, 4.69) is 5.32 Å². The molecule has 0 aliphatic heterocycles. The van der Waals surface area contributed by atoms with E-state index < -0.39 is 17.5 Å². The van der Waals surface area contributed by atoms with Crippen molar-refractivity contribution in [1.82, 2.24) is 5.32 Å². The van der Waals surface area contributed by atoms with E-state index in [0.717, 1.165) is 25.7 Å². The molecular weight excluding hydrogens is 344 g/mol. The third-order valence-corrected chi connectivity index (χ3v) is 4.04. The van der Waals surface area contributed by atoms with Crippen LogP contribution in [0.2, 0.25) is 0 Å². The van der Waals surface area contributed by atoms with Crippen LogP contribution < -0.4 is 14.8 Å². The molecule has 0 radical (unpaired) electrons. The molecule has 0 atom stereocenters. The fourth-order valence-electron chi connectivity index (χ4n) is 2.74. The number of esters is 1. The first kappa shape index (κ1) is 19.5. The SMILES string of the molecule is COc1cc(OCC(=O)OCC(=O)NC2CCCCC2)ccc1[N+](=O)[O-]. The summed E-state index contributed by atoms with van der Waals surface area (Å²) in [5.74, 6) is -0.799. The molecule has 9 nitrogen and oxygen atoms in total. The number of hydrogen-bond donors (Lipinski definition) is 1. The average Bonchev–Trinajstić information content (AvgIpc) is 2.65. The monoisotopic (exact) mass is 366 g/mol. The van der Waals surface area contributed by atoms with Gasteiger partial charge in [-0.2, -0.15) is 0 Å². The normalized spacial score (nSPS) is 14.3. The second-order valence-corrected chi connectivity index (χ2v) is 5.94. The first-order valence-electron chi connectivity index (χ1n) is 8.40. The van der Waals surface area contributed by atoms with E-state index in [1.165, 1.54) is 31.7 Å². The number of nitro benzene ring substituents is 1. The molecule has 1 saturated carbocycles. The van der Waals surface area contributed by atoms with E-state index in [4.69, 9.17) is 14.2 Å². The quantitative estimate of drug-likeness (QED) is 0.425. The Morgan fingerprint density at radius 1 is 1.23 bits per heavy atom. The topological polar surface area (TPSA) is 117 Å². The molecule has 2 rings (SSSR count). The number of nitrogens with one attached hydrogen (secondary N) is 1. The van der Waals surface area contributed by atoms with Crippen molar-refractivity contribution < 1.29 is 28.7 Å². The summed E-state index contributed by atoms with van der Waals surface area (Å²) in [6, 6.07) is 4.03. The molecule has 1 aromatic carbocycles. The third kappa shape index (κ3) is 5.91. The predicted molar refractivity (Wildman–Crippen MR) is 91.1 cm³/mol. The number of methoxy groups -OCH3 is 1. The van der Waals surface area contributed by atoms with Gasteiger partial charge in [0.1, 0.15) is 5.75 Å². The Hall–Kier alpha value is -2.84. The number of nitro groups is 1.